The number of hydrazine groups is 1. The van der Waals surface area contributed by atoms with Gasteiger partial charge in [0.1, 0.15) is 5.75 Å². The summed E-state index contributed by atoms with van der Waals surface area (Å²) in [6, 6.07) is 7.39. The summed E-state index contributed by atoms with van der Waals surface area (Å²) in [5.74, 6) is 0.783. The van der Waals surface area contributed by atoms with Crippen molar-refractivity contribution in [3.63, 3.8) is 0 Å². The van der Waals surface area contributed by atoms with Crippen molar-refractivity contribution in [2.75, 3.05) is 12.2 Å². The number of benzene rings is 1. The molecule has 0 saturated carbocycles. The molecule has 0 amide bonds. The van der Waals surface area contributed by atoms with Crippen molar-refractivity contribution in [1.82, 2.24) is 5.59 Å². The van der Waals surface area contributed by atoms with Gasteiger partial charge in [-0.25, -0.2) is 0 Å². The minimum absolute atomic E-state index is 0.0841. The van der Waals surface area contributed by atoms with E-state index in [4.69, 9.17) is 15.3 Å². The lowest BCUT2D eigenvalue weighted by molar-refractivity contribution is 0.199. The highest BCUT2D eigenvalue weighted by Gasteiger charge is 2.13. The van der Waals surface area contributed by atoms with Gasteiger partial charge in [0, 0.05) is 0 Å². The van der Waals surface area contributed by atoms with Gasteiger partial charge < -0.3 is 15.3 Å². The van der Waals surface area contributed by atoms with Gasteiger partial charge in [-0.1, -0.05) is 5.10 Å². The molecule has 74 valence electrons. The van der Waals surface area contributed by atoms with Crippen molar-refractivity contribution in [1.29, 1.82) is 0 Å². The third-order valence-electron chi connectivity index (χ3n) is 1.75. The summed E-state index contributed by atoms with van der Waals surface area (Å²) in [5, 5.41) is 5.29. The van der Waals surface area contributed by atoms with Gasteiger partial charge in [0.2, 0.25) is 0 Å². The van der Waals surface area contributed by atoms with Crippen LogP contribution in [0.3, 0.4) is 0 Å². The number of amidine groups is 1. The summed E-state index contributed by atoms with van der Waals surface area (Å²) >= 11 is 0. The third-order valence-corrected chi connectivity index (χ3v) is 1.75. The molecule has 0 saturated heterocycles. The van der Waals surface area contributed by atoms with Crippen LogP contribution in [0.25, 0.3) is 0 Å². The molecule has 6 heteroatoms. The van der Waals surface area contributed by atoms with Crippen LogP contribution in [0.15, 0.2) is 29.4 Å². The summed E-state index contributed by atoms with van der Waals surface area (Å²) in [4.78, 5) is 4.75. The number of hydrazone groups is 1. The molecule has 1 aromatic rings. The maximum atomic E-state index is 5.32. The number of hydrogen-bond acceptors (Lipinski definition) is 6. The average Bonchev–Trinajstić information content (AvgIpc) is 2.65. The molecule has 1 aliphatic heterocycles. The largest absolute Gasteiger partial charge is 0.497 e. The average molecular weight is 194 g/mol. The zero-order valence-corrected chi connectivity index (χ0v) is 7.60. The Kier molecular flexibility index (Phi) is 2.11. The van der Waals surface area contributed by atoms with E-state index in [1.807, 2.05) is 24.3 Å². The predicted octanol–water partition coefficient (Wildman–Crippen LogP) is 0.181. The predicted molar refractivity (Wildman–Crippen MR) is 51.3 cm³/mol. The maximum Gasteiger partial charge on any atom is 0.327 e. The minimum Gasteiger partial charge on any atom is -0.497 e. The van der Waals surface area contributed by atoms with E-state index >= 15 is 0 Å². The van der Waals surface area contributed by atoms with Gasteiger partial charge in [0.15, 0.2) is 0 Å². The molecule has 1 heterocycles. The lowest BCUT2D eigenvalue weighted by Crippen LogP contribution is -2.27. The Morgan fingerprint density at radius 2 is 2.14 bits per heavy atom. The highest BCUT2D eigenvalue weighted by Crippen LogP contribution is 2.19. The summed E-state index contributed by atoms with van der Waals surface area (Å²) in [6.45, 7) is 0. The number of nitrogens with two attached hydrogens (primary N) is 1. The Morgan fingerprint density at radius 1 is 1.43 bits per heavy atom. The topological polar surface area (TPSA) is 72.1 Å². The van der Waals surface area contributed by atoms with Gasteiger partial charge >= 0.3 is 6.02 Å². The van der Waals surface area contributed by atoms with Crippen LogP contribution in [-0.4, -0.2) is 13.1 Å². The van der Waals surface area contributed by atoms with Gasteiger partial charge in [-0.2, -0.15) is 5.12 Å². The van der Waals surface area contributed by atoms with Crippen molar-refractivity contribution in [3.05, 3.63) is 24.3 Å². The number of nitrogens with one attached hydrogen (secondary N) is 1. The first-order chi connectivity index (χ1) is 6.79. The van der Waals surface area contributed by atoms with E-state index in [1.165, 1.54) is 5.12 Å². The van der Waals surface area contributed by atoms with E-state index in [9.17, 15) is 0 Å². The van der Waals surface area contributed by atoms with Crippen LogP contribution in [0.2, 0.25) is 0 Å². The minimum atomic E-state index is 0.0841. The lowest BCUT2D eigenvalue weighted by atomic mass is 10.3. The maximum absolute atomic E-state index is 5.32. The molecule has 1 aromatic carbocycles. The van der Waals surface area contributed by atoms with E-state index in [1.54, 1.807) is 7.11 Å². The Balaban J connectivity index is 2.17. The second-order valence-corrected chi connectivity index (χ2v) is 2.64. The summed E-state index contributed by atoms with van der Waals surface area (Å²) in [5.41, 5.74) is 8.65. The van der Waals surface area contributed by atoms with Crippen molar-refractivity contribution in [3.8, 4) is 5.75 Å². The zero-order valence-electron chi connectivity index (χ0n) is 7.60. The first-order valence-corrected chi connectivity index (χ1v) is 4.00. The number of hydrogen-bond donors (Lipinski definition) is 2. The van der Waals surface area contributed by atoms with Gasteiger partial charge in [-0.3, -0.25) is 0 Å². The highest BCUT2D eigenvalue weighted by atomic mass is 16.7. The van der Waals surface area contributed by atoms with Crippen LogP contribution in [0.1, 0.15) is 0 Å². The Labute approximate surface area is 80.8 Å². The molecule has 3 N–H and O–H groups in total. The molecule has 6 nitrogen and oxygen atoms in total. The summed E-state index contributed by atoms with van der Waals surface area (Å²) in [7, 11) is 1.61. The van der Waals surface area contributed by atoms with Crippen molar-refractivity contribution in [2.24, 2.45) is 10.8 Å². The molecule has 0 fully saturated rings. The first-order valence-electron chi connectivity index (χ1n) is 4.00. The van der Waals surface area contributed by atoms with E-state index in [2.05, 4.69) is 10.7 Å². The molecule has 0 unspecified atom stereocenters. The molecule has 0 radical (unpaired) electrons. The van der Waals surface area contributed by atoms with Crippen LogP contribution in [0, 0.1) is 0 Å². The summed E-state index contributed by atoms with van der Waals surface area (Å²) in [6.07, 6.45) is 0. The monoisotopic (exact) mass is 194 g/mol. The second-order valence-electron chi connectivity index (χ2n) is 2.64. The quantitative estimate of drug-likeness (QED) is 0.702. The van der Waals surface area contributed by atoms with Crippen LogP contribution in [0.5, 0.6) is 5.75 Å². The smallest absolute Gasteiger partial charge is 0.327 e. The third kappa shape index (κ3) is 1.55. The molecular formula is C8H10N4O2. The number of anilines is 1. The number of ether oxygens (including phenoxy) is 1. The molecule has 2 rings (SSSR count). The fourth-order valence-corrected chi connectivity index (χ4v) is 1.06. The molecule has 0 bridgehead atoms. The molecule has 14 heavy (non-hydrogen) atoms. The van der Waals surface area contributed by atoms with Gasteiger partial charge in [-0.15, -0.1) is 0 Å². The first kappa shape index (κ1) is 8.64. The fraction of sp³-hybridized carbons (Fsp3) is 0.125. The number of nitrogens with zero attached hydrogens (tertiary/aromatic N) is 2. The Hall–Kier alpha value is -1.95. The second kappa shape index (κ2) is 3.43. The van der Waals surface area contributed by atoms with Gasteiger partial charge in [0.25, 0.3) is 0 Å². The van der Waals surface area contributed by atoms with Crippen LogP contribution < -0.4 is 21.2 Å². The molecule has 0 spiro atoms. The van der Waals surface area contributed by atoms with E-state index in [-0.39, 0.29) is 6.02 Å². The molecule has 1 aliphatic rings. The summed E-state index contributed by atoms with van der Waals surface area (Å²) < 4.78 is 5.02. The highest BCUT2D eigenvalue weighted by molar-refractivity contribution is 5.74. The Morgan fingerprint density at radius 3 is 2.64 bits per heavy atom. The van der Waals surface area contributed by atoms with E-state index < -0.39 is 0 Å². The standard InChI is InChI=1S/C8H10N4O2/c1-13-7-4-2-6(3-5-7)12-10-8(9)14-11-12/h2-5,11H,1H3,(H2,9,10). The number of rotatable bonds is 2. The van der Waals surface area contributed by atoms with Gasteiger partial charge in [0.05, 0.1) is 12.8 Å². The molecule has 0 aromatic heterocycles. The molecule has 0 aliphatic carbocycles. The lowest BCUT2D eigenvalue weighted by Gasteiger charge is -2.10. The van der Waals surface area contributed by atoms with Crippen LogP contribution in [0.4, 0.5) is 5.69 Å². The van der Waals surface area contributed by atoms with Gasteiger partial charge in [-0.05, 0) is 29.9 Å². The van der Waals surface area contributed by atoms with Crippen LogP contribution in [-0.2, 0) is 4.84 Å². The molecule has 0 atom stereocenters. The number of methoxy groups -OCH3 is 1. The van der Waals surface area contributed by atoms with Crippen molar-refractivity contribution >= 4 is 11.7 Å². The van der Waals surface area contributed by atoms with E-state index in [0.29, 0.717) is 0 Å². The van der Waals surface area contributed by atoms with Crippen molar-refractivity contribution < 1.29 is 9.57 Å². The SMILES string of the molecule is COc1ccc(N2N=C(N)ON2)cc1. The van der Waals surface area contributed by atoms with Crippen molar-refractivity contribution in [2.45, 2.75) is 0 Å². The molecular weight excluding hydrogens is 184 g/mol. The normalized spacial score (nSPS) is 14.9. The van der Waals surface area contributed by atoms with Crippen LogP contribution >= 0.6 is 0 Å². The Bertz CT molecular complexity index is 349. The fourth-order valence-electron chi connectivity index (χ4n) is 1.06. The van der Waals surface area contributed by atoms with E-state index in [0.717, 1.165) is 11.4 Å². The zero-order chi connectivity index (χ0) is 9.97.